The van der Waals surface area contributed by atoms with Crippen LogP contribution in [-0.2, 0) is 4.79 Å². The Kier molecular flexibility index (Phi) is 5.72. The number of benzene rings is 1. The highest BCUT2D eigenvalue weighted by Crippen LogP contribution is 2.33. The van der Waals surface area contributed by atoms with Gasteiger partial charge in [-0.15, -0.1) is 0 Å². The maximum absolute atomic E-state index is 11.5. The number of carboxylic acids is 1. The predicted molar refractivity (Wildman–Crippen MR) is 72.3 cm³/mol. The molecule has 0 saturated carbocycles. The van der Waals surface area contributed by atoms with Crippen LogP contribution in [0.5, 0.6) is 5.75 Å². The molecule has 0 radical (unpaired) electrons. The molecular weight excluding hydrogens is 295 g/mol. The van der Waals surface area contributed by atoms with Crippen molar-refractivity contribution in [1.82, 2.24) is 5.32 Å². The van der Waals surface area contributed by atoms with E-state index in [-0.39, 0.29) is 18.0 Å². The zero-order valence-corrected chi connectivity index (χ0v) is 11.5. The van der Waals surface area contributed by atoms with Gasteiger partial charge in [-0.2, -0.15) is 0 Å². The molecule has 0 saturated heterocycles. The Bertz CT molecular complexity index is 494. The highest BCUT2D eigenvalue weighted by atomic mass is 35.5. The van der Waals surface area contributed by atoms with Gasteiger partial charge in [0.1, 0.15) is 5.75 Å². The van der Waals surface area contributed by atoms with Crippen molar-refractivity contribution in [2.24, 2.45) is 0 Å². The van der Waals surface area contributed by atoms with Gasteiger partial charge in [0.15, 0.2) is 0 Å². The lowest BCUT2D eigenvalue weighted by Gasteiger charge is -2.12. The first kappa shape index (κ1) is 15.4. The molecule has 2 amide bonds. The van der Waals surface area contributed by atoms with Gasteiger partial charge < -0.3 is 20.5 Å². The summed E-state index contributed by atoms with van der Waals surface area (Å²) < 4.78 is 5.05. The Morgan fingerprint density at radius 3 is 2.53 bits per heavy atom. The fourth-order valence-electron chi connectivity index (χ4n) is 1.24. The summed E-state index contributed by atoms with van der Waals surface area (Å²) in [5.74, 6) is -0.643. The van der Waals surface area contributed by atoms with Crippen molar-refractivity contribution in [3.63, 3.8) is 0 Å². The third kappa shape index (κ3) is 4.84. The molecule has 3 N–H and O–H groups in total. The van der Waals surface area contributed by atoms with E-state index in [9.17, 15) is 9.59 Å². The maximum atomic E-state index is 11.5. The van der Waals surface area contributed by atoms with Crippen molar-refractivity contribution in [2.45, 2.75) is 6.42 Å². The molecule has 0 atom stereocenters. The molecule has 0 heterocycles. The topological polar surface area (TPSA) is 87.7 Å². The van der Waals surface area contributed by atoms with E-state index in [1.165, 1.54) is 19.2 Å². The van der Waals surface area contributed by atoms with Gasteiger partial charge in [-0.05, 0) is 6.07 Å². The minimum atomic E-state index is -0.993. The number of halogens is 2. The number of nitrogens with one attached hydrogen (secondary N) is 2. The molecule has 0 aromatic heterocycles. The number of methoxy groups -OCH3 is 1. The van der Waals surface area contributed by atoms with Crippen LogP contribution in [-0.4, -0.2) is 30.8 Å². The summed E-state index contributed by atoms with van der Waals surface area (Å²) in [6, 6.07) is 2.36. The van der Waals surface area contributed by atoms with Crippen LogP contribution in [0.2, 0.25) is 10.0 Å². The summed E-state index contributed by atoms with van der Waals surface area (Å²) in [6.07, 6.45) is -0.161. The lowest BCUT2D eigenvalue weighted by atomic mass is 10.3. The molecule has 8 heteroatoms. The first-order chi connectivity index (χ1) is 8.93. The van der Waals surface area contributed by atoms with E-state index in [0.29, 0.717) is 16.5 Å². The van der Waals surface area contributed by atoms with Crippen LogP contribution >= 0.6 is 23.2 Å². The van der Waals surface area contributed by atoms with E-state index in [1.54, 1.807) is 0 Å². The number of amides is 2. The zero-order valence-electron chi connectivity index (χ0n) is 10.00. The van der Waals surface area contributed by atoms with Crippen molar-refractivity contribution in [1.29, 1.82) is 0 Å². The zero-order chi connectivity index (χ0) is 14.4. The van der Waals surface area contributed by atoms with E-state index in [2.05, 4.69) is 10.6 Å². The van der Waals surface area contributed by atoms with Crippen LogP contribution in [0.25, 0.3) is 0 Å². The third-order valence-corrected chi connectivity index (χ3v) is 2.84. The highest BCUT2D eigenvalue weighted by molar-refractivity contribution is 6.42. The molecule has 6 nitrogen and oxygen atoms in total. The smallest absolute Gasteiger partial charge is 0.319 e. The predicted octanol–water partition coefficient (Wildman–Crippen LogP) is 2.60. The normalized spacial score (nSPS) is 9.84. The van der Waals surface area contributed by atoms with Gasteiger partial charge in [0.2, 0.25) is 0 Å². The van der Waals surface area contributed by atoms with Crippen molar-refractivity contribution in [3.8, 4) is 5.75 Å². The number of carbonyl (C=O) groups is 2. The molecule has 104 valence electrons. The minimum absolute atomic E-state index is 0.0187. The molecule has 0 aliphatic heterocycles. The van der Waals surface area contributed by atoms with Gasteiger partial charge >= 0.3 is 12.0 Å². The molecule has 0 aliphatic carbocycles. The van der Waals surface area contributed by atoms with Gasteiger partial charge in [0.25, 0.3) is 0 Å². The van der Waals surface area contributed by atoms with Crippen LogP contribution in [0.4, 0.5) is 10.5 Å². The second-order valence-corrected chi connectivity index (χ2v) is 4.31. The van der Waals surface area contributed by atoms with Crippen molar-refractivity contribution < 1.29 is 19.4 Å². The fraction of sp³-hybridized carbons (Fsp3) is 0.273. The minimum Gasteiger partial charge on any atom is -0.495 e. The quantitative estimate of drug-likeness (QED) is 0.780. The Morgan fingerprint density at radius 2 is 1.95 bits per heavy atom. The van der Waals surface area contributed by atoms with Gasteiger partial charge in [0, 0.05) is 12.6 Å². The number of hydrogen-bond acceptors (Lipinski definition) is 3. The van der Waals surface area contributed by atoms with Crippen LogP contribution < -0.4 is 15.4 Å². The van der Waals surface area contributed by atoms with Crippen molar-refractivity contribution in [2.75, 3.05) is 19.0 Å². The third-order valence-electron chi connectivity index (χ3n) is 2.12. The van der Waals surface area contributed by atoms with Crippen LogP contribution in [0.15, 0.2) is 12.1 Å². The summed E-state index contributed by atoms with van der Waals surface area (Å²) in [5, 5.41) is 13.9. The summed E-state index contributed by atoms with van der Waals surface area (Å²) >= 11 is 11.6. The Morgan fingerprint density at radius 1 is 1.32 bits per heavy atom. The Hall–Kier alpha value is -1.66. The number of ether oxygens (including phenoxy) is 1. The molecule has 1 aromatic rings. The van der Waals surface area contributed by atoms with Gasteiger partial charge in [-0.1, -0.05) is 23.2 Å². The van der Waals surface area contributed by atoms with Gasteiger partial charge in [-0.25, -0.2) is 4.79 Å². The molecule has 0 bridgehead atoms. The molecule has 1 aromatic carbocycles. The average molecular weight is 307 g/mol. The van der Waals surface area contributed by atoms with Crippen LogP contribution in [0, 0.1) is 0 Å². The van der Waals surface area contributed by atoms with E-state index < -0.39 is 12.0 Å². The fourth-order valence-corrected chi connectivity index (χ4v) is 1.56. The standard InChI is InChI=1S/C11H12Cl2N2O4/c1-19-9-5-7(13)6(12)4-8(9)15-11(18)14-3-2-10(16)17/h4-5H,2-3H2,1H3,(H,16,17)(H2,14,15,18). The van der Waals surface area contributed by atoms with Crippen molar-refractivity contribution >= 4 is 40.9 Å². The van der Waals surface area contributed by atoms with Crippen LogP contribution in [0.3, 0.4) is 0 Å². The number of hydrogen-bond donors (Lipinski definition) is 3. The van der Waals surface area contributed by atoms with Gasteiger partial charge in [-0.3, -0.25) is 4.79 Å². The Labute approximate surface area is 119 Å². The molecular formula is C11H12Cl2N2O4. The second-order valence-electron chi connectivity index (χ2n) is 3.49. The van der Waals surface area contributed by atoms with Crippen LogP contribution in [0.1, 0.15) is 6.42 Å². The summed E-state index contributed by atoms with van der Waals surface area (Å²) in [6.45, 7) is 0.0187. The number of aliphatic carboxylic acids is 1. The lowest BCUT2D eigenvalue weighted by Crippen LogP contribution is -2.30. The van der Waals surface area contributed by atoms with Crippen molar-refractivity contribution in [3.05, 3.63) is 22.2 Å². The lowest BCUT2D eigenvalue weighted by molar-refractivity contribution is -0.136. The van der Waals surface area contributed by atoms with E-state index >= 15 is 0 Å². The summed E-state index contributed by atoms with van der Waals surface area (Å²) in [5.41, 5.74) is 0.338. The number of carboxylic acid groups (broad SMARTS) is 1. The Balaban J connectivity index is 2.68. The number of anilines is 1. The molecule has 19 heavy (non-hydrogen) atoms. The SMILES string of the molecule is COc1cc(Cl)c(Cl)cc1NC(=O)NCCC(=O)O. The molecule has 0 aliphatic rings. The summed E-state index contributed by atoms with van der Waals surface area (Å²) in [4.78, 5) is 21.8. The van der Waals surface area contributed by atoms with E-state index in [1.807, 2.05) is 0 Å². The van der Waals surface area contributed by atoms with E-state index in [4.69, 9.17) is 33.0 Å². The number of carbonyl (C=O) groups excluding carboxylic acids is 1. The molecule has 0 unspecified atom stereocenters. The molecule has 0 spiro atoms. The second kappa shape index (κ2) is 7.06. The maximum Gasteiger partial charge on any atom is 0.319 e. The molecule has 0 fully saturated rings. The average Bonchev–Trinajstić information content (AvgIpc) is 2.33. The number of rotatable bonds is 5. The molecule has 1 rings (SSSR count). The largest absolute Gasteiger partial charge is 0.495 e. The van der Waals surface area contributed by atoms with E-state index in [0.717, 1.165) is 0 Å². The summed E-state index contributed by atoms with van der Waals surface area (Å²) in [7, 11) is 1.42. The first-order valence-corrected chi connectivity index (χ1v) is 5.99. The highest BCUT2D eigenvalue weighted by Gasteiger charge is 2.11. The first-order valence-electron chi connectivity index (χ1n) is 5.23. The number of urea groups is 1. The van der Waals surface area contributed by atoms with Gasteiger partial charge in [0.05, 0.1) is 29.3 Å². The monoisotopic (exact) mass is 306 g/mol.